The number of ether oxygens (including phenoxy) is 1. The van der Waals surface area contributed by atoms with Gasteiger partial charge in [0.1, 0.15) is 11.5 Å². The average molecular weight is 631 g/mol. The molecule has 10 rings (SSSR count). The molecule has 0 N–H and O–H groups in total. The van der Waals surface area contributed by atoms with Crippen LogP contribution in [-0.2, 0) is 0 Å². The first-order chi connectivity index (χ1) is 23.7. The summed E-state index contributed by atoms with van der Waals surface area (Å²) in [5, 5.41) is 7.60. The second kappa shape index (κ2) is 10.8. The molecule has 9 aromatic rings. The van der Waals surface area contributed by atoms with E-state index in [9.17, 15) is 0 Å². The van der Waals surface area contributed by atoms with Crippen LogP contribution in [0.1, 0.15) is 0 Å². The Kier molecular flexibility index (Phi) is 6.11. The van der Waals surface area contributed by atoms with Gasteiger partial charge in [0, 0.05) is 5.56 Å². The fourth-order valence-electron chi connectivity index (χ4n) is 7.00. The van der Waals surface area contributed by atoms with Gasteiger partial charge in [0.25, 0.3) is 0 Å². The summed E-state index contributed by atoms with van der Waals surface area (Å²) in [7, 11) is 0. The lowest BCUT2D eigenvalue weighted by Crippen LogP contribution is -1.95. The lowest BCUT2D eigenvalue weighted by molar-refractivity contribution is 0.454. The first-order valence-electron chi connectivity index (χ1n) is 16.1. The van der Waals surface area contributed by atoms with Crippen LogP contribution in [0.2, 0.25) is 0 Å². The first kappa shape index (κ1) is 27.2. The van der Waals surface area contributed by atoms with E-state index in [0.29, 0.717) is 0 Å². The average Bonchev–Trinajstić information content (AvgIpc) is 3.16. The van der Waals surface area contributed by atoms with Gasteiger partial charge >= 0.3 is 0 Å². The van der Waals surface area contributed by atoms with Crippen LogP contribution < -0.4 is 4.74 Å². The Labute approximate surface area is 281 Å². The van der Waals surface area contributed by atoms with E-state index in [1.807, 2.05) is 42.6 Å². The van der Waals surface area contributed by atoms with Gasteiger partial charge in [0.2, 0.25) is 0 Å². The zero-order chi connectivity index (χ0) is 31.6. The fraction of sp³-hybridized carbons (Fsp3) is 0. The van der Waals surface area contributed by atoms with Crippen molar-refractivity contribution in [2.75, 3.05) is 0 Å². The molecule has 2 heterocycles. The molecular weight excluding hydrogens is 605 g/mol. The second-order valence-corrected chi connectivity index (χ2v) is 13.3. The van der Waals surface area contributed by atoms with Crippen molar-refractivity contribution in [2.45, 2.75) is 9.79 Å². The molecule has 0 unspecified atom stereocenters. The smallest absolute Gasteiger partial charge is 0.141 e. The van der Waals surface area contributed by atoms with E-state index in [-0.39, 0.29) is 0 Å². The van der Waals surface area contributed by atoms with Crippen molar-refractivity contribution in [3.8, 4) is 45.0 Å². The molecule has 0 aliphatic carbocycles. The molecule has 1 aliphatic rings. The van der Waals surface area contributed by atoms with E-state index in [0.717, 1.165) is 65.8 Å². The van der Waals surface area contributed by atoms with Crippen LogP contribution in [0.5, 0.6) is 11.5 Å². The van der Waals surface area contributed by atoms with Crippen molar-refractivity contribution in [3.05, 3.63) is 158 Å². The third kappa shape index (κ3) is 4.45. The summed E-state index contributed by atoms with van der Waals surface area (Å²) in [6.07, 6.45) is 1.89. The van der Waals surface area contributed by atoms with Crippen molar-refractivity contribution in [1.29, 1.82) is 0 Å². The summed E-state index contributed by atoms with van der Waals surface area (Å²) in [6, 6.07) is 53.8. The zero-order valence-electron chi connectivity index (χ0n) is 25.7. The summed E-state index contributed by atoms with van der Waals surface area (Å²) in [4.78, 5) is 12.0. The highest BCUT2D eigenvalue weighted by atomic mass is 32.2. The van der Waals surface area contributed by atoms with Crippen molar-refractivity contribution in [2.24, 2.45) is 0 Å². The highest BCUT2D eigenvalue weighted by Gasteiger charge is 2.19. The Morgan fingerprint density at radius 2 is 0.958 bits per heavy atom. The van der Waals surface area contributed by atoms with Crippen LogP contribution in [0.3, 0.4) is 0 Å². The Morgan fingerprint density at radius 1 is 0.396 bits per heavy atom. The van der Waals surface area contributed by atoms with E-state index < -0.39 is 0 Å². The minimum atomic E-state index is 0.846. The number of nitrogens with zero attached hydrogens (tertiary/aromatic N) is 2. The third-order valence-corrected chi connectivity index (χ3v) is 10.4. The minimum Gasteiger partial charge on any atom is -0.455 e. The first-order valence-corrected chi connectivity index (χ1v) is 16.9. The van der Waals surface area contributed by atoms with Crippen molar-refractivity contribution >= 4 is 55.1 Å². The number of rotatable bonds is 3. The van der Waals surface area contributed by atoms with Gasteiger partial charge in [-0.1, -0.05) is 103 Å². The van der Waals surface area contributed by atoms with Crippen molar-refractivity contribution in [1.82, 2.24) is 9.97 Å². The van der Waals surface area contributed by atoms with Gasteiger partial charge in [-0.2, -0.15) is 0 Å². The van der Waals surface area contributed by atoms with Crippen LogP contribution in [0.4, 0.5) is 0 Å². The topological polar surface area (TPSA) is 35.0 Å². The largest absolute Gasteiger partial charge is 0.455 e. The third-order valence-electron chi connectivity index (χ3n) is 9.32. The lowest BCUT2D eigenvalue weighted by atomic mass is 9.90. The molecule has 0 spiro atoms. The number of hydrogen-bond donors (Lipinski definition) is 0. The zero-order valence-corrected chi connectivity index (χ0v) is 26.5. The van der Waals surface area contributed by atoms with Crippen molar-refractivity contribution in [3.63, 3.8) is 0 Å². The summed E-state index contributed by atoms with van der Waals surface area (Å²) >= 11 is 1.75. The van der Waals surface area contributed by atoms with Crippen molar-refractivity contribution < 1.29 is 4.74 Å². The molecule has 0 atom stereocenters. The van der Waals surface area contributed by atoms with Crippen LogP contribution in [-0.4, -0.2) is 9.97 Å². The summed E-state index contributed by atoms with van der Waals surface area (Å²) < 4.78 is 6.26. The van der Waals surface area contributed by atoms with Gasteiger partial charge in [-0.3, -0.25) is 4.98 Å². The van der Waals surface area contributed by atoms with Gasteiger partial charge in [-0.05, 0) is 115 Å². The summed E-state index contributed by atoms with van der Waals surface area (Å²) in [5.74, 6) is 1.78. The van der Waals surface area contributed by atoms with Crippen LogP contribution in [0.25, 0.3) is 76.9 Å². The molecule has 3 nitrogen and oxygen atoms in total. The predicted molar refractivity (Wildman–Crippen MR) is 199 cm³/mol. The SMILES string of the molecule is c1ccc2c(c1)Oc1ccc(-c3cc(-c4ccc5c6ccccc6c6ccccc6c5c4)cc(-c4cnc5ccccc5n4)c3)cc1S2. The van der Waals surface area contributed by atoms with E-state index in [1.165, 1.54) is 32.3 Å². The fourth-order valence-corrected chi connectivity index (χ4v) is 7.99. The van der Waals surface area contributed by atoms with Gasteiger partial charge in [-0.25, -0.2) is 4.98 Å². The molecule has 0 radical (unpaired) electrons. The minimum absolute atomic E-state index is 0.846. The van der Waals surface area contributed by atoms with Crippen LogP contribution in [0, 0.1) is 0 Å². The molecule has 0 fully saturated rings. The van der Waals surface area contributed by atoms with E-state index in [1.54, 1.807) is 11.8 Å². The Bertz CT molecular complexity index is 2720. The Balaban J connectivity index is 1.18. The lowest BCUT2D eigenvalue weighted by Gasteiger charge is -2.20. The molecule has 0 saturated carbocycles. The normalized spacial score (nSPS) is 12.2. The maximum Gasteiger partial charge on any atom is 0.141 e. The van der Waals surface area contributed by atoms with E-state index >= 15 is 0 Å². The van der Waals surface area contributed by atoms with Gasteiger partial charge < -0.3 is 4.74 Å². The molecule has 1 aliphatic heterocycles. The second-order valence-electron chi connectivity index (χ2n) is 12.2. The number of hydrogen-bond acceptors (Lipinski definition) is 4. The maximum absolute atomic E-state index is 6.26. The summed E-state index contributed by atoms with van der Waals surface area (Å²) in [5.41, 5.74) is 8.16. The highest BCUT2D eigenvalue weighted by Crippen LogP contribution is 2.48. The van der Waals surface area contributed by atoms with E-state index in [4.69, 9.17) is 14.7 Å². The summed E-state index contributed by atoms with van der Waals surface area (Å²) in [6.45, 7) is 0. The number of aromatic nitrogens is 2. The quantitative estimate of drug-likeness (QED) is 0.182. The molecule has 4 heteroatoms. The highest BCUT2D eigenvalue weighted by molar-refractivity contribution is 7.99. The van der Waals surface area contributed by atoms with Crippen LogP contribution in [0.15, 0.2) is 168 Å². The molecule has 0 bridgehead atoms. The molecule has 48 heavy (non-hydrogen) atoms. The predicted octanol–water partition coefficient (Wildman–Crippen LogP) is 12.3. The number of benzene rings is 8. The molecule has 224 valence electrons. The molecule has 8 aromatic carbocycles. The monoisotopic (exact) mass is 630 g/mol. The standard InChI is InChI=1S/C44H26N2OS/c1-2-11-34-32(9-1)33-10-3-4-12-35(33)37-24-27(17-19-36(34)37)29-21-30(23-31(22-29)40-26-45-38-13-5-6-14-39(38)46-40)28-18-20-42-44(25-28)48-43-16-8-7-15-41(43)47-42/h1-26H. The number of para-hydroxylation sites is 3. The Hall–Kier alpha value is -5.97. The molecule has 0 saturated heterocycles. The number of fused-ring (bicyclic) bond motifs is 9. The van der Waals surface area contributed by atoms with Crippen LogP contribution >= 0.6 is 11.8 Å². The van der Waals surface area contributed by atoms with Gasteiger partial charge in [0.15, 0.2) is 0 Å². The molecular formula is C44H26N2OS. The maximum atomic E-state index is 6.26. The Morgan fingerprint density at radius 3 is 1.73 bits per heavy atom. The van der Waals surface area contributed by atoms with Gasteiger partial charge in [-0.15, -0.1) is 0 Å². The van der Waals surface area contributed by atoms with Gasteiger partial charge in [0.05, 0.1) is 32.7 Å². The molecule has 1 aromatic heterocycles. The van der Waals surface area contributed by atoms with E-state index in [2.05, 4.69) is 115 Å². The molecule has 0 amide bonds.